The van der Waals surface area contributed by atoms with Gasteiger partial charge in [0.05, 0.1) is 11.7 Å². The Morgan fingerprint density at radius 3 is 2.50 bits per heavy atom. The molecule has 2 aliphatic heterocycles. The Kier molecular flexibility index (Phi) is 5.70. The molecule has 0 radical (unpaired) electrons. The number of ether oxygens (including phenoxy) is 2. The van der Waals surface area contributed by atoms with E-state index in [4.69, 9.17) is 9.47 Å². The van der Waals surface area contributed by atoms with E-state index in [0.717, 1.165) is 5.56 Å². The minimum Gasteiger partial charge on any atom is -0.486 e. The highest BCUT2D eigenvalue weighted by Gasteiger charge is 2.28. The highest BCUT2D eigenvalue weighted by atomic mass is 16.6. The zero-order chi connectivity index (χ0) is 21.1. The van der Waals surface area contributed by atoms with Gasteiger partial charge in [-0.15, -0.1) is 0 Å². The lowest BCUT2D eigenvalue weighted by atomic mass is 9.95. The van der Waals surface area contributed by atoms with Gasteiger partial charge in [0.15, 0.2) is 11.5 Å². The maximum Gasteiger partial charge on any atom is 0.268 e. The third-order valence-electron chi connectivity index (χ3n) is 5.17. The Morgan fingerprint density at radius 1 is 1.03 bits per heavy atom. The van der Waals surface area contributed by atoms with Crippen LogP contribution in [-0.2, 0) is 9.59 Å². The molecule has 0 bridgehead atoms. The number of carbonyl (C=O) groups excluding carboxylic acids is 2. The molecule has 2 amide bonds. The minimum absolute atomic E-state index is 0.120. The number of rotatable bonds is 5. The topological polar surface area (TPSA) is 80.2 Å². The summed E-state index contributed by atoms with van der Waals surface area (Å²) in [5, 5.41) is 8.76. The normalized spacial score (nSPS) is 16.8. The van der Waals surface area contributed by atoms with Gasteiger partial charge in [0.1, 0.15) is 18.9 Å². The third-order valence-corrected chi connectivity index (χ3v) is 5.17. The monoisotopic (exact) mass is 407 g/mol. The molecule has 0 aromatic heterocycles. The number of benzene rings is 2. The summed E-state index contributed by atoms with van der Waals surface area (Å²) in [7, 11) is 0. The number of hydrazone groups is 1. The second-order valence-electron chi connectivity index (χ2n) is 7.69. The van der Waals surface area contributed by atoms with Crippen LogP contribution in [0.15, 0.2) is 53.6 Å². The molecule has 2 aromatic rings. The van der Waals surface area contributed by atoms with E-state index >= 15 is 0 Å². The molecule has 2 heterocycles. The molecule has 156 valence electrons. The van der Waals surface area contributed by atoms with E-state index in [1.807, 2.05) is 50.2 Å². The number of fused-ring (bicyclic) bond motifs is 1. The molecule has 2 aliphatic rings. The van der Waals surface area contributed by atoms with Crippen LogP contribution in [0.25, 0.3) is 0 Å². The second kappa shape index (κ2) is 8.57. The summed E-state index contributed by atoms with van der Waals surface area (Å²) in [5.74, 6) is 1.16. The first-order valence-electron chi connectivity index (χ1n) is 10.2. The van der Waals surface area contributed by atoms with Gasteiger partial charge in [-0.25, -0.2) is 5.01 Å². The Labute approximate surface area is 175 Å². The van der Waals surface area contributed by atoms with Crippen LogP contribution < -0.4 is 19.8 Å². The van der Waals surface area contributed by atoms with Crippen LogP contribution in [0.2, 0.25) is 0 Å². The van der Waals surface area contributed by atoms with Gasteiger partial charge >= 0.3 is 0 Å². The standard InChI is InChI=1S/C23H25N3O4/c1-15(2)22(16-8-10-19-20(14-16)30-13-12-29-19)24-23(28)18-9-11-21(27)26(25-18)17-6-4-3-5-7-17/h3-8,10,14-15,22H,9,11-13H2,1-2H3,(H,24,28). The number of amides is 2. The van der Waals surface area contributed by atoms with Crippen molar-refractivity contribution in [2.24, 2.45) is 11.0 Å². The Balaban J connectivity index is 1.55. The average Bonchev–Trinajstić information content (AvgIpc) is 2.77. The van der Waals surface area contributed by atoms with E-state index in [1.165, 1.54) is 5.01 Å². The molecule has 30 heavy (non-hydrogen) atoms. The van der Waals surface area contributed by atoms with Gasteiger partial charge in [0.2, 0.25) is 5.91 Å². The van der Waals surface area contributed by atoms with Gasteiger partial charge in [-0.2, -0.15) is 5.10 Å². The van der Waals surface area contributed by atoms with Crippen molar-refractivity contribution in [1.29, 1.82) is 0 Å². The van der Waals surface area contributed by atoms with Crippen LogP contribution in [0, 0.1) is 5.92 Å². The predicted molar refractivity (Wildman–Crippen MR) is 114 cm³/mol. The number of nitrogens with zero attached hydrogens (tertiary/aromatic N) is 2. The lowest BCUT2D eigenvalue weighted by Gasteiger charge is -2.27. The number of para-hydroxylation sites is 1. The summed E-state index contributed by atoms with van der Waals surface area (Å²) in [6, 6.07) is 14.7. The summed E-state index contributed by atoms with van der Waals surface area (Å²) in [5.41, 5.74) is 1.94. The van der Waals surface area contributed by atoms with Gasteiger partial charge in [-0.3, -0.25) is 9.59 Å². The van der Waals surface area contributed by atoms with E-state index in [2.05, 4.69) is 10.4 Å². The van der Waals surface area contributed by atoms with Crippen molar-refractivity contribution >= 4 is 23.2 Å². The van der Waals surface area contributed by atoms with Crippen LogP contribution in [-0.4, -0.2) is 30.7 Å². The molecule has 4 rings (SSSR count). The van der Waals surface area contributed by atoms with Crippen molar-refractivity contribution in [2.45, 2.75) is 32.7 Å². The Morgan fingerprint density at radius 2 is 1.77 bits per heavy atom. The maximum absolute atomic E-state index is 13.0. The molecule has 1 unspecified atom stereocenters. The molecule has 0 aliphatic carbocycles. The first-order chi connectivity index (χ1) is 14.5. The summed E-state index contributed by atoms with van der Waals surface area (Å²) < 4.78 is 11.3. The summed E-state index contributed by atoms with van der Waals surface area (Å²) in [6.07, 6.45) is 0.567. The molecule has 7 nitrogen and oxygen atoms in total. The van der Waals surface area contributed by atoms with Crippen molar-refractivity contribution in [3.8, 4) is 11.5 Å². The molecule has 7 heteroatoms. The zero-order valence-electron chi connectivity index (χ0n) is 17.1. The molecule has 0 saturated heterocycles. The first kappa shape index (κ1) is 19.9. The van der Waals surface area contributed by atoms with Gasteiger partial charge in [-0.1, -0.05) is 38.1 Å². The molecular formula is C23H25N3O4. The molecule has 1 atom stereocenters. The van der Waals surface area contributed by atoms with Crippen LogP contribution in [0.3, 0.4) is 0 Å². The SMILES string of the molecule is CC(C)C(NC(=O)C1=NN(c2ccccc2)C(=O)CC1)c1ccc2c(c1)OCCO2. The quantitative estimate of drug-likeness (QED) is 0.823. The predicted octanol–water partition coefficient (Wildman–Crippen LogP) is 3.45. The number of anilines is 1. The third kappa shape index (κ3) is 4.15. The molecular weight excluding hydrogens is 382 g/mol. The fraction of sp³-hybridized carbons (Fsp3) is 0.348. The largest absolute Gasteiger partial charge is 0.486 e. The van der Waals surface area contributed by atoms with Gasteiger partial charge in [0.25, 0.3) is 5.91 Å². The number of carbonyl (C=O) groups is 2. The fourth-order valence-corrected chi connectivity index (χ4v) is 3.60. The van der Waals surface area contributed by atoms with Crippen LogP contribution in [0.1, 0.15) is 38.3 Å². The maximum atomic E-state index is 13.0. The van der Waals surface area contributed by atoms with E-state index in [9.17, 15) is 9.59 Å². The molecule has 1 N–H and O–H groups in total. The summed E-state index contributed by atoms with van der Waals surface area (Å²) in [6.45, 7) is 5.14. The Hall–Kier alpha value is -3.35. The lowest BCUT2D eigenvalue weighted by molar-refractivity contribution is -0.119. The highest BCUT2D eigenvalue weighted by molar-refractivity contribution is 6.40. The number of nitrogens with one attached hydrogen (secondary N) is 1. The second-order valence-corrected chi connectivity index (χ2v) is 7.69. The summed E-state index contributed by atoms with van der Waals surface area (Å²) in [4.78, 5) is 25.3. The smallest absolute Gasteiger partial charge is 0.268 e. The van der Waals surface area contributed by atoms with E-state index in [0.29, 0.717) is 42.5 Å². The molecule has 2 aromatic carbocycles. The molecule has 0 saturated carbocycles. The molecule has 0 fully saturated rings. The zero-order valence-corrected chi connectivity index (χ0v) is 17.1. The number of hydrogen-bond donors (Lipinski definition) is 1. The van der Waals surface area contributed by atoms with Crippen LogP contribution in [0.5, 0.6) is 11.5 Å². The molecule has 0 spiro atoms. The van der Waals surface area contributed by atoms with Gasteiger partial charge in [0, 0.05) is 12.8 Å². The lowest BCUT2D eigenvalue weighted by Crippen LogP contribution is -2.41. The number of hydrogen-bond acceptors (Lipinski definition) is 5. The summed E-state index contributed by atoms with van der Waals surface area (Å²) >= 11 is 0. The van der Waals surface area contributed by atoms with E-state index in [1.54, 1.807) is 12.1 Å². The van der Waals surface area contributed by atoms with Crippen molar-refractivity contribution < 1.29 is 19.1 Å². The first-order valence-corrected chi connectivity index (χ1v) is 10.2. The van der Waals surface area contributed by atoms with Gasteiger partial charge in [-0.05, 0) is 35.7 Å². The van der Waals surface area contributed by atoms with Crippen LogP contribution in [0.4, 0.5) is 5.69 Å². The van der Waals surface area contributed by atoms with Crippen molar-refractivity contribution in [1.82, 2.24) is 5.32 Å². The van der Waals surface area contributed by atoms with Crippen molar-refractivity contribution in [3.63, 3.8) is 0 Å². The Bertz CT molecular complexity index is 972. The van der Waals surface area contributed by atoms with E-state index in [-0.39, 0.29) is 30.2 Å². The minimum atomic E-state index is -0.267. The average molecular weight is 407 g/mol. The van der Waals surface area contributed by atoms with Gasteiger partial charge < -0.3 is 14.8 Å². The highest BCUT2D eigenvalue weighted by Crippen LogP contribution is 2.34. The fourth-order valence-electron chi connectivity index (χ4n) is 3.60. The van der Waals surface area contributed by atoms with Crippen LogP contribution >= 0.6 is 0 Å². The van der Waals surface area contributed by atoms with E-state index < -0.39 is 0 Å². The van der Waals surface area contributed by atoms with Crippen molar-refractivity contribution in [2.75, 3.05) is 18.2 Å². The van der Waals surface area contributed by atoms with Crippen molar-refractivity contribution in [3.05, 3.63) is 54.1 Å².